The van der Waals surface area contributed by atoms with Crippen LogP contribution in [0.5, 0.6) is 5.75 Å². The Hall–Kier alpha value is -1.23. The summed E-state index contributed by atoms with van der Waals surface area (Å²) < 4.78 is 5.79. The van der Waals surface area contributed by atoms with Crippen LogP contribution in [0, 0.1) is 0 Å². The molecule has 0 saturated heterocycles. The van der Waals surface area contributed by atoms with Crippen molar-refractivity contribution in [3.05, 3.63) is 62.0 Å². The second kappa shape index (κ2) is 6.48. The monoisotopic (exact) mass is 374 g/mol. The fourth-order valence-corrected chi connectivity index (χ4v) is 2.43. The number of phenolic OH excluding ortho intramolecular Hbond substituents is 1. The van der Waals surface area contributed by atoms with E-state index in [1.165, 1.54) is 12.1 Å². The minimum Gasteiger partial charge on any atom is -0.507 e. The molecule has 0 aliphatic rings. The minimum atomic E-state index is -0.653. The Morgan fingerprint density at radius 1 is 1.20 bits per heavy atom. The Bertz CT molecular complexity index is 639. The van der Waals surface area contributed by atoms with Crippen molar-refractivity contribution in [3.8, 4) is 5.75 Å². The first-order valence-electron chi connectivity index (χ1n) is 5.57. The number of phenols is 1. The van der Waals surface area contributed by atoms with Gasteiger partial charge in [0.1, 0.15) is 17.9 Å². The van der Waals surface area contributed by atoms with Gasteiger partial charge in [0.15, 0.2) is 0 Å². The molecule has 0 unspecified atom stereocenters. The van der Waals surface area contributed by atoms with Crippen LogP contribution in [-0.2, 0) is 11.3 Å². The van der Waals surface area contributed by atoms with Crippen molar-refractivity contribution in [2.24, 2.45) is 0 Å². The molecule has 0 amide bonds. The van der Waals surface area contributed by atoms with Gasteiger partial charge < -0.3 is 9.84 Å². The summed E-state index contributed by atoms with van der Waals surface area (Å²) in [6, 6.07) is 9.53. The average Bonchev–Trinajstić information content (AvgIpc) is 2.40. The summed E-state index contributed by atoms with van der Waals surface area (Å²) in [6.07, 6.45) is 0. The molecule has 0 bridgehead atoms. The fourth-order valence-electron chi connectivity index (χ4n) is 1.56. The van der Waals surface area contributed by atoms with Crippen LogP contribution in [0.2, 0.25) is 10.0 Å². The lowest BCUT2D eigenvalue weighted by atomic mass is 10.2. The molecule has 0 fully saturated rings. The Labute approximate surface area is 134 Å². The van der Waals surface area contributed by atoms with Gasteiger partial charge in [-0.25, -0.2) is 4.79 Å². The Kier molecular flexibility index (Phi) is 4.91. The first kappa shape index (κ1) is 15.2. The van der Waals surface area contributed by atoms with Crippen molar-refractivity contribution < 1.29 is 14.6 Å². The minimum absolute atomic E-state index is 0.0662. The Balaban J connectivity index is 2.15. The van der Waals surface area contributed by atoms with E-state index < -0.39 is 5.97 Å². The fraction of sp³-hybridized carbons (Fsp3) is 0.0714. The number of halogens is 3. The largest absolute Gasteiger partial charge is 0.507 e. The summed E-state index contributed by atoms with van der Waals surface area (Å²) in [7, 11) is 0. The van der Waals surface area contributed by atoms with Crippen LogP contribution in [0.3, 0.4) is 0 Å². The van der Waals surface area contributed by atoms with Gasteiger partial charge in [0, 0.05) is 20.1 Å². The molecule has 0 heterocycles. The van der Waals surface area contributed by atoms with Gasteiger partial charge in [0.25, 0.3) is 0 Å². The van der Waals surface area contributed by atoms with E-state index in [4.69, 9.17) is 27.9 Å². The number of benzene rings is 2. The molecule has 104 valence electrons. The van der Waals surface area contributed by atoms with Crippen molar-refractivity contribution in [2.45, 2.75) is 6.61 Å². The number of carbonyl (C=O) groups is 1. The van der Waals surface area contributed by atoms with E-state index in [0.29, 0.717) is 20.1 Å². The van der Waals surface area contributed by atoms with Crippen molar-refractivity contribution in [3.63, 3.8) is 0 Å². The van der Waals surface area contributed by atoms with Crippen LogP contribution < -0.4 is 0 Å². The van der Waals surface area contributed by atoms with Gasteiger partial charge in [-0.1, -0.05) is 45.2 Å². The summed E-state index contributed by atoms with van der Waals surface area (Å²) >= 11 is 15.2. The molecule has 0 atom stereocenters. The SMILES string of the molecule is O=C(OCc1c(Cl)cccc1Cl)c1cc(Br)ccc1O. The van der Waals surface area contributed by atoms with E-state index in [0.717, 1.165) is 0 Å². The summed E-state index contributed by atoms with van der Waals surface area (Å²) in [5, 5.41) is 10.5. The van der Waals surface area contributed by atoms with Crippen molar-refractivity contribution in [2.75, 3.05) is 0 Å². The summed E-state index contributed by atoms with van der Waals surface area (Å²) in [5.41, 5.74) is 0.598. The van der Waals surface area contributed by atoms with E-state index in [9.17, 15) is 9.90 Å². The highest BCUT2D eigenvalue weighted by atomic mass is 79.9. The Morgan fingerprint density at radius 3 is 2.50 bits per heavy atom. The maximum atomic E-state index is 11.9. The number of carbonyl (C=O) groups excluding carboxylic acids is 1. The van der Waals surface area contributed by atoms with Crippen molar-refractivity contribution in [1.29, 1.82) is 0 Å². The molecule has 0 spiro atoms. The van der Waals surface area contributed by atoms with E-state index >= 15 is 0 Å². The second-order valence-electron chi connectivity index (χ2n) is 3.94. The second-order valence-corrected chi connectivity index (χ2v) is 5.67. The van der Waals surface area contributed by atoms with Gasteiger partial charge in [-0.2, -0.15) is 0 Å². The third-order valence-corrected chi connectivity index (χ3v) is 3.79. The van der Waals surface area contributed by atoms with Gasteiger partial charge in [-0.15, -0.1) is 0 Å². The van der Waals surface area contributed by atoms with Crippen molar-refractivity contribution >= 4 is 45.1 Å². The number of rotatable bonds is 3. The van der Waals surface area contributed by atoms with Gasteiger partial charge in [-0.3, -0.25) is 0 Å². The zero-order valence-electron chi connectivity index (χ0n) is 10.1. The van der Waals surface area contributed by atoms with Gasteiger partial charge in [-0.05, 0) is 30.3 Å². The number of esters is 1. The smallest absolute Gasteiger partial charge is 0.342 e. The zero-order valence-corrected chi connectivity index (χ0v) is 13.2. The maximum Gasteiger partial charge on any atom is 0.342 e. The molecule has 0 aromatic heterocycles. The molecule has 0 aliphatic carbocycles. The normalized spacial score (nSPS) is 10.3. The molecular formula is C14H9BrCl2O3. The van der Waals surface area contributed by atoms with Crippen LogP contribution in [0.4, 0.5) is 0 Å². The maximum absolute atomic E-state index is 11.9. The first-order chi connectivity index (χ1) is 9.49. The van der Waals surface area contributed by atoms with Crippen LogP contribution in [-0.4, -0.2) is 11.1 Å². The lowest BCUT2D eigenvalue weighted by Gasteiger charge is -2.09. The molecular weight excluding hydrogens is 367 g/mol. The highest BCUT2D eigenvalue weighted by Gasteiger charge is 2.15. The molecule has 2 aromatic rings. The van der Waals surface area contributed by atoms with Gasteiger partial charge in [0.05, 0.1) is 0 Å². The van der Waals surface area contributed by atoms with E-state index in [-0.39, 0.29) is 17.9 Å². The van der Waals surface area contributed by atoms with Crippen LogP contribution in [0.1, 0.15) is 15.9 Å². The molecule has 0 aliphatic heterocycles. The zero-order chi connectivity index (χ0) is 14.7. The summed E-state index contributed by atoms with van der Waals surface area (Å²) in [5.74, 6) is -0.803. The lowest BCUT2D eigenvalue weighted by molar-refractivity contribution is 0.0469. The molecule has 0 radical (unpaired) electrons. The predicted octanol–water partition coefficient (Wildman–Crippen LogP) is 4.82. The van der Waals surface area contributed by atoms with E-state index in [1.54, 1.807) is 24.3 Å². The topological polar surface area (TPSA) is 46.5 Å². The Morgan fingerprint density at radius 2 is 1.85 bits per heavy atom. The van der Waals surface area contributed by atoms with Crippen molar-refractivity contribution in [1.82, 2.24) is 0 Å². The highest BCUT2D eigenvalue weighted by Crippen LogP contribution is 2.27. The third-order valence-electron chi connectivity index (χ3n) is 2.59. The third kappa shape index (κ3) is 3.45. The number of ether oxygens (including phenoxy) is 1. The van der Waals surface area contributed by atoms with E-state index in [2.05, 4.69) is 15.9 Å². The number of aromatic hydroxyl groups is 1. The quantitative estimate of drug-likeness (QED) is 0.782. The molecule has 0 saturated carbocycles. The molecule has 3 nitrogen and oxygen atoms in total. The number of hydrogen-bond donors (Lipinski definition) is 1. The average molecular weight is 376 g/mol. The molecule has 2 rings (SSSR count). The van der Waals surface area contributed by atoms with Crippen LogP contribution >= 0.6 is 39.1 Å². The lowest BCUT2D eigenvalue weighted by Crippen LogP contribution is -2.06. The van der Waals surface area contributed by atoms with Gasteiger partial charge in [0.2, 0.25) is 0 Å². The van der Waals surface area contributed by atoms with Gasteiger partial charge >= 0.3 is 5.97 Å². The molecule has 2 aromatic carbocycles. The molecule has 1 N–H and O–H groups in total. The highest BCUT2D eigenvalue weighted by molar-refractivity contribution is 9.10. The molecule has 6 heteroatoms. The van der Waals surface area contributed by atoms with Crippen LogP contribution in [0.25, 0.3) is 0 Å². The van der Waals surface area contributed by atoms with Crippen LogP contribution in [0.15, 0.2) is 40.9 Å². The standard InChI is InChI=1S/C14H9BrCl2O3/c15-8-4-5-13(18)9(6-8)14(19)20-7-10-11(16)2-1-3-12(10)17/h1-6,18H,7H2. The predicted molar refractivity (Wildman–Crippen MR) is 81.4 cm³/mol. The van der Waals surface area contributed by atoms with E-state index in [1.807, 2.05) is 0 Å². The summed E-state index contributed by atoms with van der Waals surface area (Å²) in [6.45, 7) is -0.0662. The first-order valence-corrected chi connectivity index (χ1v) is 7.12. The number of hydrogen-bond acceptors (Lipinski definition) is 3. The summed E-state index contributed by atoms with van der Waals surface area (Å²) in [4.78, 5) is 11.9. The molecule has 20 heavy (non-hydrogen) atoms.